The molecule has 0 spiro atoms. The fourth-order valence-electron chi connectivity index (χ4n) is 2.85. The van der Waals surface area contributed by atoms with Crippen LogP contribution in [0, 0.1) is 6.92 Å². The molecule has 3 heterocycles. The van der Waals surface area contributed by atoms with Crippen LogP contribution in [-0.2, 0) is 11.2 Å². The molecule has 1 aromatic carbocycles. The van der Waals surface area contributed by atoms with Crippen LogP contribution in [0.3, 0.4) is 0 Å². The number of hydrogen-bond donors (Lipinski definition) is 1. The standard InChI is InChI=1S/C21H19N3O4S2/c1-12-4-6-18(28-12)20-22-13(10-29-20)8-19(25)24-21-23-16(11-30-21)15-9-14(26-2)5-7-17(15)27-3/h4-7,9-11H,8H2,1-3H3,(H,23,24,25). The van der Waals surface area contributed by atoms with Crippen molar-refractivity contribution in [3.05, 3.63) is 52.5 Å². The number of ether oxygens (including phenoxy) is 2. The number of nitrogens with zero attached hydrogens (tertiary/aromatic N) is 2. The number of furan rings is 1. The van der Waals surface area contributed by atoms with Crippen LogP contribution in [0.2, 0.25) is 0 Å². The van der Waals surface area contributed by atoms with Gasteiger partial charge in [0.1, 0.15) is 17.3 Å². The predicted octanol–water partition coefficient (Wildman–Crippen LogP) is 5.03. The van der Waals surface area contributed by atoms with Gasteiger partial charge in [-0.05, 0) is 37.3 Å². The molecule has 0 radical (unpaired) electrons. The van der Waals surface area contributed by atoms with E-state index in [2.05, 4.69) is 15.3 Å². The summed E-state index contributed by atoms with van der Waals surface area (Å²) in [4.78, 5) is 21.5. The summed E-state index contributed by atoms with van der Waals surface area (Å²) < 4.78 is 16.3. The molecular weight excluding hydrogens is 422 g/mol. The molecule has 0 fully saturated rings. The Balaban J connectivity index is 1.44. The molecule has 0 bridgehead atoms. The molecule has 0 unspecified atom stereocenters. The summed E-state index contributed by atoms with van der Waals surface area (Å²) in [5.41, 5.74) is 2.19. The van der Waals surface area contributed by atoms with Gasteiger partial charge in [0.25, 0.3) is 0 Å². The van der Waals surface area contributed by atoms with E-state index in [-0.39, 0.29) is 12.3 Å². The van der Waals surface area contributed by atoms with E-state index in [0.717, 1.165) is 16.3 Å². The second kappa shape index (κ2) is 8.68. The van der Waals surface area contributed by atoms with E-state index in [1.807, 2.05) is 48.0 Å². The summed E-state index contributed by atoms with van der Waals surface area (Å²) in [6, 6.07) is 9.27. The number of aryl methyl sites for hydroxylation is 1. The molecule has 30 heavy (non-hydrogen) atoms. The van der Waals surface area contributed by atoms with Gasteiger partial charge in [-0.1, -0.05) is 0 Å². The summed E-state index contributed by atoms with van der Waals surface area (Å²) in [6.45, 7) is 1.88. The number of nitrogens with one attached hydrogen (secondary N) is 1. The van der Waals surface area contributed by atoms with Crippen molar-refractivity contribution in [3.8, 4) is 33.5 Å². The SMILES string of the molecule is COc1ccc(OC)c(-c2csc(NC(=O)Cc3csc(-c4ccc(C)o4)n3)n2)c1. The highest BCUT2D eigenvalue weighted by atomic mass is 32.1. The van der Waals surface area contributed by atoms with Crippen molar-refractivity contribution in [2.75, 3.05) is 19.5 Å². The molecule has 154 valence electrons. The topological polar surface area (TPSA) is 86.5 Å². The first-order valence-electron chi connectivity index (χ1n) is 9.04. The zero-order valence-corrected chi connectivity index (χ0v) is 18.2. The Morgan fingerprint density at radius 1 is 1.10 bits per heavy atom. The van der Waals surface area contributed by atoms with E-state index in [1.54, 1.807) is 14.2 Å². The molecule has 3 aromatic heterocycles. The number of aromatic nitrogens is 2. The molecule has 0 atom stereocenters. The van der Waals surface area contributed by atoms with Gasteiger partial charge in [0.2, 0.25) is 5.91 Å². The smallest absolute Gasteiger partial charge is 0.232 e. The number of anilines is 1. The zero-order chi connectivity index (χ0) is 21.1. The Labute approximate surface area is 181 Å². The molecular formula is C21H19N3O4S2. The van der Waals surface area contributed by atoms with Crippen molar-refractivity contribution in [3.63, 3.8) is 0 Å². The Hall–Kier alpha value is -3.17. The third kappa shape index (κ3) is 4.37. The van der Waals surface area contributed by atoms with Gasteiger partial charge in [-0.2, -0.15) is 0 Å². The van der Waals surface area contributed by atoms with Crippen molar-refractivity contribution in [1.82, 2.24) is 9.97 Å². The molecule has 0 saturated heterocycles. The molecule has 7 nitrogen and oxygen atoms in total. The predicted molar refractivity (Wildman–Crippen MR) is 118 cm³/mol. The molecule has 0 aliphatic rings. The Morgan fingerprint density at radius 3 is 2.70 bits per heavy atom. The molecule has 0 saturated carbocycles. The number of carbonyl (C=O) groups is 1. The molecule has 9 heteroatoms. The van der Waals surface area contributed by atoms with Gasteiger partial charge in [-0.15, -0.1) is 22.7 Å². The van der Waals surface area contributed by atoms with Crippen LogP contribution < -0.4 is 14.8 Å². The molecule has 0 aliphatic carbocycles. The zero-order valence-electron chi connectivity index (χ0n) is 16.6. The number of carbonyl (C=O) groups excluding carboxylic acids is 1. The van der Waals surface area contributed by atoms with E-state index in [9.17, 15) is 4.79 Å². The summed E-state index contributed by atoms with van der Waals surface area (Å²) in [6.07, 6.45) is 0.160. The Bertz CT molecular complexity index is 1180. The lowest BCUT2D eigenvalue weighted by molar-refractivity contribution is -0.115. The fourth-order valence-corrected chi connectivity index (χ4v) is 4.35. The number of amides is 1. The maximum Gasteiger partial charge on any atom is 0.232 e. The first-order valence-corrected chi connectivity index (χ1v) is 10.8. The van der Waals surface area contributed by atoms with Crippen molar-refractivity contribution >= 4 is 33.7 Å². The van der Waals surface area contributed by atoms with Crippen molar-refractivity contribution in [2.24, 2.45) is 0 Å². The molecule has 1 amide bonds. The van der Waals surface area contributed by atoms with Crippen LogP contribution in [-0.4, -0.2) is 30.1 Å². The summed E-state index contributed by atoms with van der Waals surface area (Å²) in [7, 11) is 3.21. The van der Waals surface area contributed by atoms with Gasteiger partial charge < -0.3 is 19.2 Å². The normalized spacial score (nSPS) is 10.8. The quantitative estimate of drug-likeness (QED) is 0.433. The lowest BCUT2D eigenvalue weighted by Gasteiger charge is -2.08. The lowest BCUT2D eigenvalue weighted by Crippen LogP contribution is -2.14. The second-order valence-electron chi connectivity index (χ2n) is 6.38. The van der Waals surface area contributed by atoms with Gasteiger partial charge >= 0.3 is 0 Å². The van der Waals surface area contributed by atoms with Gasteiger partial charge in [0, 0.05) is 16.3 Å². The lowest BCUT2D eigenvalue weighted by atomic mass is 10.1. The van der Waals surface area contributed by atoms with Crippen molar-refractivity contribution < 1.29 is 18.7 Å². The first-order chi connectivity index (χ1) is 14.6. The summed E-state index contributed by atoms with van der Waals surface area (Å²) in [5.74, 6) is 2.74. The molecule has 0 aliphatic heterocycles. The van der Waals surface area contributed by atoms with Gasteiger partial charge in [-0.3, -0.25) is 4.79 Å². The van der Waals surface area contributed by atoms with Gasteiger partial charge in [0.15, 0.2) is 15.9 Å². The monoisotopic (exact) mass is 441 g/mol. The largest absolute Gasteiger partial charge is 0.497 e. The number of thiazole rings is 2. The molecule has 4 aromatic rings. The minimum absolute atomic E-state index is 0.160. The highest BCUT2D eigenvalue weighted by Crippen LogP contribution is 2.35. The van der Waals surface area contributed by atoms with Crippen LogP contribution >= 0.6 is 22.7 Å². The Morgan fingerprint density at radius 2 is 1.97 bits per heavy atom. The highest BCUT2D eigenvalue weighted by molar-refractivity contribution is 7.14. The number of benzene rings is 1. The Kier molecular flexibility index (Phi) is 5.82. The first kappa shape index (κ1) is 20.1. The van der Waals surface area contributed by atoms with Crippen LogP contribution in [0.5, 0.6) is 11.5 Å². The van der Waals surface area contributed by atoms with Crippen LogP contribution in [0.15, 0.2) is 45.5 Å². The second-order valence-corrected chi connectivity index (χ2v) is 8.10. The van der Waals surface area contributed by atoms with Gasteiger partial charge in [0.05, 0.1) is 32.0 Å². The third-order valence-corrected chi connectivity index (χ3v) is 5.94. The van der Waals surface area contributed by atoms with Crippen LogP contribution in [0.4, 0.5) is 5.13 Å². The van der Waals surface area contributed by atoms with Crippen molar-refractivity contribution in [1.29, 1.82) is 0 Å². The average molecular weight is 442 g/mol. The maximum atomic E-state index is 12.5. The van der Waals surface area contributed by atoms with E-state index in [0.29, 0.717) is 33.8 Å². The highest BCUT2D eigenvalue weighted by Gasteiger charge is 2.15. The van der Waals surface area contributed by atoms with Crippen molar-refractivity contribution in [2.45, 2.75) is 13.3 Å². The third-order valence-electron chi connectivity index (χ3n) is 4.28. The number of hydrogen-bond acceptors (Lipinski definition) is 8. The van der Waals surface area contributed by atoms with E-state index >= 15 is 0 Å². The molecule has 4 rings (SSSR count). The minimum Gasteiger partial charge on any atom is -0.497 e. The summed E-state index contributed by atoms with van der Waals surface area (Å²) >= 11 is 2.80. The minimum atomic E-state index is -0.180. The summed E-state index contributed by atoms with van der Waals surface area (Å²) in [5, 5.41) is 7.84. The average Bonchev–Trinajstić information content (AvgIpc) is 3.49. The van der Waals surface area contributed by atoms with E-state index < -0.39 is 0 Å². The molecule has 1 N–H and O–H groups in total. The van der Waals surface area contributed by atoms with E-state index in [1.165, 1.54) is 22.7 Å². The maximum absolute atomic E-state index is 12.5. The van der Waals surface area contributed by atoms with E-state index in [4.69, 9.17) is 13.9 Å². The van der Waals surface area contributed by atoms with Gasteiger partial charge in [-0.25, -0.2) is 9.97 Å². The fraction of sp³-hybridized carbons (Fsp3) is 0.190. The van der Waals surface area contributed by atoms with Crippen LogP contribution in [0.25, 0.3) is 22.0 Å². The number of methoxy groups -OCH3 is 2. The number of rotatable bonds is 7. The van der Waals surface area contributed by atoms with Crippen LogP contribution in [0.1, 0.15) is 11.5 Å².